The molecule has 4 heteroatoms. The van der Waals surface area contributed by atoms with Crippen LogP contribution in [-0.2, 0) is 19.1 Å². The zero-order valence-electron chi connectivity index (χ0n) is 10.7. The molecule has 4 nitrogen and oxygen atoms in total. The summed E-state index contributed by atoms with van der Waals surface area (Å²) in [5, 5.41) is 0. The number of ether oxygens (including phenoxy) is 2. The highest BCUT2D eigenvalue weighted by Gasteiger charge is 2.16. The average molecular weight is 240 g/mol. The van der Waals surface area contributed by atoms with Crippen LogP contribution in [0.15, 0.2) is 23.8 Å². The lowest BCUT2D eigenvalue weighted by Crippen LogP contribution is -2.13. The molecule has 0 aliphatic heterocycles. The minimum absolute atomic E-state index is 0.172. The fraction of sp³-hybridized carbons (Fsp3) is 0.538. The summed E-state index contributed by atoms with van der Waals surface area (Å²) in [7, 11) is 0. The first kappa shape index (κ1) is 15.4. The van der Waals surface area contributed by atoms with E-state index in [9.17, 15) is 9.59 Å². The van der Waals surface area contributed by atoms with Crippen molar-refractivity contribution in [1.29, 1.82) is 0 Å². The maximum absolute atomic E-state index is 11.6. The van der Waals surface area contributed by atoms with Gasteiger partial charge in [0, 0.05) is 17.6 Å². The van der Waals surface area contributed by atoms with Gasteiger partial charge in [-0.1, -0.05) is 19.6 Å². The molecule has 0 saturated carbocycles. The molecule has 0 atom stereocenters. The molecule has 0 N–H and O–H groups in total. The lowest BCUT2D eigenvalue weighted by Gasteiger charge is -2.08. The first-order valence-corrected chi connectivity index (χ1v) is 5.77. The van der Waals surface area contributed by atoms with Crippen LogP contribution in [0.3, 0.4) is 0 Å². The van der Waals surface area contributed by atoms with Crippen LogP contribution in [0.5, 0.6) is 0 Å². The molecule has 0 amide bonds. The molecule has 0 heterocycles. The highest BCUT2D eigenvalue weighted by Crippen LogP contribution is 2.13. The lowest BCUT2D eigenvalue weighted by atomic mass is 10.1. The molecule has 0 saturated heterocycles. The predicted octanol–water partition coefficient (Wildman–Crippen LogP) is 2.40. The summed E-state index contributed by atoms with van der Waals surface area (Å²) in [6, 6.07) is 0. The van der Waals surface area contributed by atoms with Crippen molar-refractivity contribution in [3.8, 4) is 0 Å². The number of rotatable bonds is 7. The van der Waals surface area contributed by atoms with Gasteiger partial charge in [0.15, 0.2) is 0 Å². The van der Waals surface area contributed by atoms with Crippen molar-refractivity contribution >= 4 is 11.9 Å². The molecule has 0 aliphatic rings. The Morgan fingerprint density at radius 1 is 1.06 bits per heavy atom. The third-order valence-electron chi connectivity index (χ3n) is 1.96. The SMILES string of the molecule is C=C(C/C(=C\CC)C(=O)OCC)C(=O)OCC. The van der Waals surface area contributed by atoms with Crippen molar-refractivity contribution in [2.24, 2.45) is 0 Å². The molecule has 0 aliphatic carbocycles. The molecule has 0 aromatic heterocycles. The van der Waals surface area contributed by atoms with Gasteiger partial charge in [-0.15, -0.1) is 0 Å². The molecule has 0 aromatic rings. The monoisotopic (exact) mass is 240 g/mol. The Hall–Kier alpha value is -1.58. The van der Waals surface area contributed by atoms with Crippen LogP contribution >= 0.6 is 0 Å². The highest BCUT2D eigenvalue weighted by molar-refractivity contribution is 5.94. The van der Waals surface area contributed by atoms with E-state index in [2.05, 4.69) is 6.58 Å². The molecule has 0 bridgehead atoms. The topological polar surface area (TPSA) is 52.6 Å². The van der Waals surface area contributed by atoms with E-state index >= 15 is 0 Å². The Labute approximate surface area is 102 Å². The maximum atomic E-state index is 11.6. The summed E-state index contributed by atoms with van der Waals surface area (Å²) in [6.45, 7) is 9.59. The molecule has 0 fully saturated rings. The Morgan fingerprint density at radius 2 is 1.59 bits per heavy atom. The van der Waals surface area contributed by atoms with Crippen LogP contribution in [0.4, 0.5) is 0 Å². The first-order chi connectivity index (χ1) is 8.06. The smallest absolute Gasteiger partial charge is 0.334 e. The second-order valence-corrected chi connectivity index (χ2v) is 3.36. The Morgan fingerprint density at radius 3 is 2.06 bits per heavy atom. The minimum Gasteiger partial charge on any atom is -0.463 e. The lowest BCUT2D eigenvalue weighted by molar-refractivity contribution is -0.139. The van der Waals surface area contributed by atoms with Crippen LogP contribution in [0.2, 0.25) is 0 Å². The fourth-order valence-electron chi connectivity index (χ4n) is 1.23. The van der Waals surface area contributed by atoms with Crippen molar-refractivity contribution in [3.05, 3.63) is 23.8 Å². The molecular formula is C13H20O4. The fourth-order valence-corrected chi connectivity index (χ4v) is 1.23. The summed E-state index contributed by atoms with van der Waals surface area (Å²) in [4.78, 5) is 22.9. The average Bonchev–Trinajstić information content (AvgIpc) is 2.29. The summed E-state index contributed by atoms with van der Waals surface area (Å²) < 4.78 is 9.70. The number of allylic oxidation sites excluding steroid dienone is 1. The molecular weight excluding hydrogens is 220 g/mol. The van der Waals surface area contributed by atoms with Crippen molar-refractivity contribution in [1.82, 2.24) is 0 Å². The number of hydrogen-bond acceptors (Lipinski definition) is 4. The molecule has 0 unspecified atom stereocenters. The summed E-state index contributed by atoms with van der Waals surface area (Å²) in [5.41, 5.74) is 0.715. The van der Waals surface area contributed by atoms with Crippen LogP contribution in [0.1, 0.15) is 33.6 Å². The van der Waals surface area contributed by atoms with E-state index in [1.807, 2.05) is 6.92 Å². The van der Waals surface area contributed by atoms with E-state index in [1.165, 1.54) is 0 Å². The van der Waals surface area contributed by atoms with Gasteiger partial charge in [-0.25, -0.2) is 9.59 Å². The molecule has 0 rings (SSSR count). The number of carbonyl (C=O) groups excluding carboxylic acids is 2. The highest BCUT2D eigenvalue weighted by atomic mass is 16.5. The van der Waals surface area contributed by atoms with Gasteiger partial charge in [0.25, 0.3) is 0 Å². The van der Waals surface area contributed by atoms with Gasteiger partial charge < -0.3 is 9.47 Å². The third-order valence-corrected chi connectivity index (χ3v) is 1.96. The van der Waals surface area contributed by atoms with Crippen molar-refractivity contribution < 1.29 is 19.1 Å². The van der Waals surface area contributed by atoms with E-state index in [1.54, 1.807) is 19.9 Å². The molecule has 0 radical (unpaired) electrons. The van der Waals surface area contributed by atoms with E-state index in [0.29, 0.717) is 25.2 Å². The van der Waals surface area contributed by atoms with Crippen LogP contribution in [0.25, 0.3) is 0 Å². The predicted molar refractivity (Wildman–Crippen MR) is 65.4 cm³/mol. The van der Waals surface area contributed by atoms with Crippen LogP contribution < -0.4 is 0 Å². The van der Waals surface area contributed by atoms with E-state index in [4.69, 9.17) is 9.47 Å². The standard InChI is InChI=1S/C13H20O4/c1-5-8-11(13(15)17-7-3)9-10(4)12(14)16-6-2/h8H,4-7,9H2,1-3H3/b11-8+. The quantitative estimate of drug-likeness (QED) is 0.506. The molecule has 17 heavy (non-hydrogen) atoms. The van der Waals surface area contributed by atoms with Gasteiger partial charge in [-0.2, -0.15) is 0 Å². The normalized spacial score (nSPS) is 10.9. The summed E-state index contributed by atoms with van der Waals surface area (Å²) in [6.07, 6.45) is 2.61. The zero-order valence-corrected chi connectivity index (χ0v) is 10.7. The first-order valence-electron chi connectivity index (χ1n) is 5.77. The van der Waals surface area contributed by atoms with Gasteiger partial charge in [0.1, 0.15) is 0 Å². The molecule has 0 spiro atoms. The van der Waals surface area contributed by atoms with Crippen molar-refractivity contribution in [3.63, 3.8) is 0 Å². The zero-order chi connectivity index (χ0) is 13.3. The van der Waals surface area contributed by atoms with Gasteiger partial charge in [-0.3, -0.25) is 0 Å². The largest absolute Gasteiger partial charge is 0.463 e. The van der Waals surface area contributed by atoms with Crippen LogP contribution in [-0.4, -0.2) is 25.2 Å². The number of esters is 2. The summed E-state index contributed by atoms with van der Waals surface area (Å²) in [5.74, 6) is -0.876. The summed E-state index contributed by atoms with van der Waals surface area (Å²) >= 11 is 0. The van der Waals surface area contributed by atoms with E-state index in [-0.39, 0.29) is 12.0 Å². The Bertz CT molecular complexity index is 315. The molecule has 96 valence electrons. The number of hydrogen-bond donors (Lipinski definition) is 0. The second-order valence-electron chi connectivity index (χ2n) is 3.36. The van der Waals surface area contributed by atoms with Gasteiger partial charge >= 0.3 is 11.9 Å². The minimum atomic E-state index is -0.473. The van der Waals surface area contributed by atoms with Crippen LogP contribution in [0, 0.1) is 0 Å². The van der Waals surface area contributed by atoms with Gasteiger partial charge in [-0.05, 0) is 20.3 Å². The van der Waals surface area contributed by atoms with Gasteiger partial charge in [0.2, 0.25) is 0 Å². The Kier molecular flexibility index (Phi) is 7.76. The van der Waals surface area contributed by atoms with Crippen molar-refractivity contribution in [2.75, 3.05) is 13.2 Å². The van der Waals surface area contributed by atoms with E-state index < -0.39 is 11.9 Å². The Balaban J connectivity index is 4.56. The molecule has 0 aromatic carbocycles. The second kappa shape index (κ2) is 8.56. The number of carbonyl (C=O) groups is 2. The third kappa shape index (κ3) is 5.90. The van der Waals surface area contributed by atoms with Crippen molar-refractivity contribution in [2.45, 2.75) is 33.6 Å². The van der Waals surface area contributed by atoms with E-state index in [0.717, 1.165) is 0 Å². The maximum Gasteiger partial charge on any atom is 0.334 e. The van der Waals surface area contributed by atoms with Gasteiger partial charge in [0.05, 0.1) is 13.2 Å².